The number of thioether (sulfide) groups is 1. The minimum absolute atomic E-state index is 0. The molecule has 20 heavy (non-hydrogen) atoms. The van der Waals surface area contributed by atoms with Crippen molar-refractivity contribution in [3.63, 3.8) is 0 Å². The van der Waals surface area contributed by atoms with Crippen LogP contribution in [0.15, 0.2) is 4.99 Å². The topological polar surface area (TPSA) is 45.7 Å². The summed E-state index contributed by atoms with van der Waals surface area (Å²) in [5, 5.41) is 6.85. The van der Waals surface area contributed by atoms with Crippen LogP contribution in [0, 0.1) is 0 Å². The van der Waals surface area contributed by atoms with Crippen LogP contribution >= 0.6 is 35.7 Å². The molecule has 0 saturated carbocycles. The Morgan fingerprint density at radius 2 is 1.95 bits per heavy atom. The van der Waals surface area contributed by atoms with Crippen LogP contribution in [0.3, 0.4) is 0 Å². The predicted molar refractivity (Wildman–Crippen MR) is 101 cm³/mol. The second-order valence-corrected chi connectivity index (χ2v) is 6.67. The highest BCUT2D eigenvalue weighted by atomic mass is 127. The quantitative estimate of drug-likeness (QED) is 0.291. The molecule has 0 amide bonds. The molecule has 1 rings (SSSR count). The van der Waals surface area contributed by atoms with Crippen LogP contribution in [0.25, 0.3) is 0 Å². The number of rotatable bonds is 7. The molecule has 0 aromatic carbocycles. The maximum absolute atomic E-state index is 5.50. The zero-order valence-corrected chi connectivity index (χ0v) is 16.2. The molecule has 4 nitrogen and oxygen atoms in total. The van der Waals surface area contributed by atoms with E-state index in [0.717, 1.165) is 50.9 Å². The number of hydrogen-bond acceptors (Lipinski definition) is 3. The number of halogens is 1. The molecule has 0 aromatic rings. The van der Waals surface area contributed by atoms with E-state index in [0.29, 0.717) is 4.75 Å². The zero-order chi connectivity index (χ0) is 14.0. The summed E-state index contributed by atoms with van der Waals surface area (Å²) in [6, 6.07) is 0. The van der Waals surface area contributed by atoms with Gasteiger partial charge in [0.25, 0.3) is 0 Å². The summed E-state index contributed by atoms with van der Waals surface area (Å²) in [5.74, 6) is 2.08. The van der Waals surface area contributed by atoms with E-state index >= 15 is 0 Å². The molecule has 0 aromatic heterocycles. The third-order valence-electron chi connectivity index (χ3n) is 3.48. The van der Waals surface area contributed by atoms with Crippen LogP contribution in [0.5, 0.6) is 0 Å². The van der Waals surface area contributed by atoms with Crippen LogP contribution in [0.4, 0.5) is 0 Å². The molecule has 6 heteroatoms. The van der Waals surface area contributed by atoms with Crippen molar-refractivity contribution < 1.29 is 4.74 Å². The lowest BCUT2D eigenvalue weighted by molar-refractivity contribution is 0.0782. The summed E-state index contributed by atoms with van der Waals surface area (Å²) in [6.45, 7) is 8.17. The predicted octanol–water partition coefficient (Wildman–Crippen LogP) is 2.87. The van der Waals surface area contributed by atoms with Crippen molar-refractivity contribution in [2.45, 2.75) is 44.3 Å². The largest absolute Gasteiger partial charge is 0.381 e. The first-order valence-electron chi connectivity index (χ1n) is 7.42. The van der Waals surface area contributed by atoms with E-state index in [4.69, 9.17) is 4.74 Å². The first-order chi connectivity index (χ1) is 9.26. The Morgan fingerprint density at radius 1 is 1.25 bits per heavy atom. The van der Waals surface area contributed by atoms with Crippen LogP contribution in [0.2, 0.25) is 0 Å². The molecule has 1 saturated heterocycles. The van der Waals surface area contributed by atoms with Gasteiger partial charge in [-0.3, -0.25) is 4.99 Å². The number of aliphatic imine (C=N–C) groups is 1. The Bertz CT molecular complexity index is 266. The number of ether oxygens (including phenoxy) is 1. The van der Waals surface area contributed by atoms with Gasteiger partial charge < -0.3 is 15.4 Å². The van der Waals surface area contributed by atoms with Crippen LogP contribution in [-0.2, 0) is 4.74 Å². The molecule has 1 aliphatic heterocycles. The van der Waals surface area contributed by atoms with Gasteiger partial charge in [-0.25, -0.2) is 0 Å². The summed E-state index contributed by atoms with van der Waals surface area (Å²) >= 11 is 2.06. The molecular weight excluding hydrogens is 385 g/mol. The first-order valence-corrected chi connectivity index (χ1v) is 8.41. The second-order valence-electron chi connectivity index (χ2n) is 4.93. The van der Waals surface area contributed by atoms with Crippen LogP contribution in [-0.4, -0.2) is 49.8 Å². The molecule has 1 fully saturated rings. The molecule has 2 N–H and O–H groups in total. The molecule has 1 aliphatic rings. The highest BCUT2D eigenvalue weighted by molar-refractivity contribution is 14.0. The highest BCUT2D eigenvalue weighted by Crippen LogP contribution is 2.34. The Hall–Kier alpha value is 0.310. The molecule has 0 bridgehead atoms. The van der Waals surface area contributed by atoms with Gasteiger partial charge in [0, 0.05) is 38.1 Å². The van der Waals surface area contributed by atoms with Crippen LogP contribution in [0.1, 0.15) is 39.5 Å². The molecule has 0 spiro atoms. The molecule has 0 aliphatic carbocycles. The second kappa shape index (κ2) is 11.9. The van der Waals surface area contributed by atoms with Crippen molar-refractivity contribution in [3.05, 3.63) is 0 Å². The number of nitrogens with one attached hydrogen (secondary N) is 2. The molecule has 120 valence electrons. The fraction of sp³-hybridized carbons (Fsp3) is 0.929. The summed E-state index contributed by atoms with van der Waals surface area (Å²) in [7, 11) is 1.84. The van der Waals surface area contributed by atoms with E-state index in [2.05, 4.69) is 41.2 Å². The zero-order valence-electron chi connectivity index (χ0n) is 13.0. The van der Waals surface area contributed by atoms with Gasteiger partial charge in [-0.1, -0.05) is 20.3 Å². The number of hydrogen-bond donors (Lipinski definition) is 2. The van der Waals surface area contributed by atoms with Crippen molar-refractivity contribution in [2.24, 2.45) is 4.99 Å². The lowest BCUT2D eigenvalue weighted by atomic mass is 9.99. The van der Waals surface area contributed by atoms with E-state index in [1.165, 1.54) is 12.8 Å². The Kier molecular flexibility index (Phi) is 12.1. The van der Waals surface area contributed by atoms with E-state index in [1.54, 1.807) is 0 Å². The van der Waals surface area contributed by atoms with Gasteiger partial charge >= 0.3 is 0 Å². The van der Waals surface area contributed by atoms with E-state index in [9.17, 15) is 0 Å². The minimum atomic E-state index is 0. The van der Waals surface area contributed by atoms with E-state index in [1.807, 2.05) is 7.05 Å². The third kappa shape index (κ3) is 7.36. The summed E-state index contributed by atoms with van der Waals surface area (Å²) in [5.41, 5.74) is 0. The number of unbranched alkanes of at least 4 members (excludes halogenated alkanes) is 1. The van der Waals surface area contributed by atoms with Crippen LogP contribution < -0.4 is 10.6 Å². The molecule has 0 atom stereocenters. The SMILES string of the molecule is CCCCNC(=NC)NCC1(SCC)CCOCC1.I. The van der Waals surface area contributed by atoms with Crippen molar-refractivity contribution in [3.8, 4) is 0 Å². The molecule has 0 radical (unpaired) electrons. The summed E-state index contributed by atoms with van der Waals surface area (Å²) in [4.78, 5) is 4.29. The van der Waals surface area contributed by atoms with Crippen molar-refractivity contribution in [2.75, 3.05) is 39.1 Å². The lowest BCUT2D eigenvalue weighted by Crippen LogP contribution is -2.48. The third-order valence-corrected chi connectivity index (χ3v) is 4.93. The standard InChI is InChI=1S/C14H29N3OS.HI/c1-4-6-9-16-13(15-3)17-12-14(19-5-2)7-10-18-11-8-14;/h4-12H2,1-3H3,(H2,15,16,17);1H. The minimum Gasteiger partial charge on any atom is -0.381 e. The Balaban J connectivity index is 0.00000361. The Morgan fingerprint density at radius 3 is 2.50 bits per heavy atom. The molecular formula is C14H30IN3OS. The molecule has 1 heterocycles. The van der Waals surface area contributed by atoms with Gasteiger partial charge in [-0.05, 0) is 25.0 Å². The smallest absolute Gasteiger partial charge is 0.191 e. The molecule has 0 unspecified atom stereocenters. The Labute approximate surface area is 145 Å². The van der Waals surface area contributed by atoms with Gasteiger partial charge in [-0.15, -0.1) is 24.0 Å². The lowest BCUT2D eigenvalue weighted by Gasteiger charge is -2.37. The summed E-state index contributed by atoms with van der Waals surface area (Å²) in [6.07, 6.45) is 4.65. The average molecular weight is 415 g/mol. The van der Waals surface area contributed by atoms with Gasteiger partial charge in [0.15, 0.2) is 5.96 Å². The average Bonchev–Trinajstić information content (AvgIpc) is 2.44. The maximum Gasteiger partial charge on any atom is 0.191 e. The fourth-order valence-electron chi connectivity index (χ4n) is 2.27. The van der Waals surface area contributed by atoms with Crippen molar-refractivity contribution in [1.29, 1.82) is 0 Å². The van der Waals surface area contributed by atoms with Gasteiger partial charge in [-0.2, -0.15) is 11.8 Å². The maximum atomic E-state index is 5.50. The number of nitrogens with zero attached hydrogens (tertiary/aromatic N) is 1. The van der Waals surface area contributed by atoms with E-state index in [-0.39, 0.29) is 24.0 Å². The monoisotopic (exact) mass is 415 g/mol. The normalized spacial score (nSPS) is 18.2. The first kappa shape index (κ1) is 20.3. The van der Waals surface area contributed by atoms with Crippen molar-refractivity contribution >= 4 is 41.7 Å². The van der Waals surface area contributed by atoms with Gasteiger partial charge in [0.2, 0.25) is 0 Å². The van der Waals surface area contributed by atoms with Crippen molar-refractivity contribution in [1.82, 2.24) is 10.6 Å². The highest BCUT2D eigenvalue weighted by Gasteiger charge is 2.32. The summed E-state index contributed by atoms with van der Waals surface area (Å²) < 4.78 is 5.81. The number of guanidine groups is 1. The fourth-order valence-corrected chi connectivity index (χ4v) is 3.51. The van der Waals surface area contributed by atoms with Gasteiger partial charge in [0.1, 0.15) is 0 Å². The van der Waals surface area contributed by atoms with E-state index < -0.39 is 0 Å². The van der Waals surface area contributed by atoms with Gasteiger partial charge in [0.05, 0.1) is 0 Å².